The maximum absolute atomic E-state index is 11.1. The highest BCUT2D eigenvalue weighted by molar-refractivity contribution is 7.99. The number of aryl methyl sites for hydroxylation is 1. The average Bonchev–Trinajstić information content (AvgIpc) is 2.64. The number of benzene rings is 1. The minimum absolute atomic E-state index is 0.224. The number of aromatic carboxylic acids is 1. The standard InChI is InChI=1S/C11H9ClN2O2S/c1-14-5-4-13-11(14)17-9-6-7(12)2-3-8(9)10(15)16/h2-6H,1H3,(H,15,16). The van der Waals surface area contributed by atoms with Gasteiger partial charge in [-0.15, -0.1) is 0 Å². The molecule has 0 unspecified atom stereocenters. The van der Waals surface area contributed by atoms with E-state index in [-0.39, 0.29) is 5.56 Å². The smallest absolute Gasteiger partial charge is 0.336 e. The Morgan fingerprint density at radius 2 is 2.29 bits per heavy atom. The first kappa shape index (κ1) is 12.0. The molecule has 0 aliphatic rings. The normalized spacial score (nSPS) is 10.5. The molecule has 0 fully saturated rings. The van der Waals surface area contributed by atoms with Gasteiger partial charge in [-0.25, -0.2) is 9.78 Å². The van der Waals surface area contributed by atoms with Crippen molar-refractivity contribution in [3.63, 3.8) is 0 Å². The highest BCUT2D eigenvalue weighted by Crippen LogP contribution is 2.31. The van der Waals surface area contributed by atoms with E-state index in [0.29, 0.717) is 9.92 Å². The van der Waals surface area contributed by atoms with Crippen LogP contribution in [0, 0.1) is 0 Å². The molecule has 2 aromatic rings. The fraction of sp³-hybridized carbons (Fsp3) is 0.0909. The van der Waals surface area contributed by atoms with E-state index in [1.807, 2.05) is 11.6 Å². The molecule has 0 amide bonds. The minimum Gasteiger partial charge on any atom is -0.478 e. The number of imidazole rings is 1. The zero-order chi connectivity index (χ0) is 12.4. The topological polar surface area (TPSA) is 55.1 Å². The maximum Gasteiger partial charge on any atom is 0.336 e. The van der Waals surface area contributed by atoms with Crippen LogP contribution in [-0.4, -0.2) is 20.6 Å². The number of hydrogen-bond donors (Lipinski definition) is 1. The Morgan fingerprint density at radius 3 is 2.88 bits per heavy atom. The lowest BCUT2D eigenvalue weighted by Gasteiger charge is -2.06. The lowest BCUT2D eigenvalue weighted by molar-refractivity contribution is 0.0693. The third-order valence-electron chi connectivity index (χ3n) is 2.15. The van der Waals surface area contributed by atoms with Crippen LogP contribution in [0.3, 0.4) is 0 Å². The molecular weight excluding hydrogens is 260 g/mol. The zero-order valence-corrected chi connectivity index (χ0v) is 10.5. The number of aromatic nitrogens is 2. The van der Waals surface area contributed by atoms with Crippen LogP contribution in [0.15, 0.2) is 40.6 Å². The summed E-state index contributed by atoms with van der Waals surface area (Å²) in [5.74, 6) is -0.974. The molecule has 0 saturated carbocycles. The third kappa shape index (κ3) is 2.62. The van der Waals surface area contributed by atoms with Crippen LogP contribution in [-0.2, 0) is 7.05 Å². The largest absolute Gasteiger partial charge is 0.478 e. The van der Waals surface area contributed by atoms with E-state index in [1.54, 1.807) is 24.5 Å². The molecular formula is C11H9ClN2O2S. The van der Waals surface area contributed by atoms with Crippen molar-refractivity contribution in [2.24, 2.45) is 7.05 Å². The van der Waals surface area contributed by atoms with Crippen molar-refractivity contribution >= 4 is 29.3 Å². The molecule has 1 aromatic heterocycles. The van der Waals surface area contributed by atoms with Gasteiger partial charge < -0.3 is 9.67 Å². The summed E-state index contributed by atoms with van der Waals surface area (Å²) in [5, 5.41) is 10.3. The van der Waals surface area contributed by atoms with Gasteiger partial charge >= 0.3 is 5.97 Å². The monoisotopic (exact) mass is 268 g/mol. The summed E-state index contributed by atoms with van der Waals surface area (Å²) in [5.41, 5.74) is 0.224. The van der Waals surface area contributed by atoms with Crippen molar-refractivity contribution in [3.8, 4) is 0 Å². The van der Waals surface area contributed by atoms with Gasteiger partial charge in [0.15, 0.2) is 5.16 Å². The van der Waals surface area contributed by atoms with E-state index in [4.69, 9.17) is 16.7 Å². The quantitative estimate of drug-likeness (QED) is 0.930. The molecule has 0 aliphatic carbocycles. The zero-order valence-electron chi connectivity index (χ0n) is 8.92. The van der Waals surface area contributed by atoms with Gasteiger partial charge in [-0.2, -0.15) is 0 Å². The Balaban J connectivity index is 2.41. The summed E-state index contributed by atoms with van der Waals surface area (Å²) in [6, 6.07) is 4.69. The number of carboxylic acids is 1. The molecule has 0 radical (unpaired) electrons. The summed E-state index contributed by atoms with van der Waals surface area (Å²) < 4.78 is 1.82. The molecule has 0 spiro atoms. The summed E-state index contributed by atoms with van der Waals surface area (Å²) in [4.78, 5) is 15.8. The first-order valence-electron chi connectivity index (χ1n) is 4.76. The molecule has 88 valence electrons. The van der Waals surface area contributed by atoms with Crippen LogP contribution < -0.4 is 0 Å². The number of hydrogen-bond acceptors (Lipinski definition) is 3. The van der Waals surface area contributed by atoms with Gasteiger partial charge in [-0.05, 0) is 18.2 Å². The summed E-state index contributed by atoms with van der Waals surface area (Å²) in [6.45, 7) is 0. The molecule has 1 N–H and O–H groups in total. The fourth-order valence-electron chi connectivity index (χ4n) is 1.31. The summed E-state index contributed by atoms with van der Waals surface area (Å²) in [7, 11) is 1.85. The van der Waals surface area contributed by atoms with Crippen molar-refractivity contribution < 1.29 is 9.90 Å². The molecule has 0 aliphatic heterocycles. The lowest BCUT2D eigenvalue weighted by atomic mass is 10.2. The van der Waals surface area contributed by atoms with Gasteiger partial charge in [-0.3, -0.25) is 0 Å². The molecule has 1 aromatic carbocycles. The first-order chi connectivity index (χ1) is 8.08. The van der Waals surface area contributed by atoms with Gasteiger partial charge in [0.25, 0.3) is 0 Å². The molecule has 0 atom stereocenters. The highest BCUT2D eigenvalue weighted by atomic mass is 35.5. The Labute approximate surface area is 107 Å². The molecule has 0 saturated heterocycles. The van der Waals surface area contributed by atoms with Crippen molar-refractivity contribution in [1.29, 1.82) is 0 Å². The molecule has 4 nitrogen and oxygen atoms in total. The Morgan fingerprint density at radius 1 is 1.53 bits per heavy atom. The van der Waals surface area contributed by atoms with Crippen molar-refractivity contribution in [1.82, 2.24) is 9.55 Å². The van der Waals surface area contributed by atoms with E-state index >= 15 is 0 Å². The first-order valence-corrected chi connectivity index (χ1v) is 5.95. The molecule has 1 heterocycles. The average molecular weight is 269 g/mol. The van der Waals surface area contributed by atoms with Crippen molar-refractivity contribution in [3.05, 3.63) is 41.2 Å². The Bertz CT molecular complexity index is 568. The highest BCUT2D eigenvalue weighted by Gasteiger charge is 2.13. The van der Waals surface area contributed by atoms with E-state index < -0.39 is 5.97 Å². The minimum atomic E-state index is -0.974. The molecule has 6 heteroatoms. The van der Waals surface area contributed by atoms with Crippen LogP contribution in [0.1, 0.15) is 10.4 Å². The van der Waals surface area contributed by atoms with Crippen LogP contribution >= 0.6 is 23.4 Å². The van der Waals surface area contributed by atoms with Crippen LogP contribution in [0.4, 0.5) is 0 Å². The number of rotatable bonds is 3. The molecule has 17 heavy (non-hydrogen) atoms. The number of carbonyl (C=O) groups is 1. The van der Waals surface area contributed by atoms with E-state index in [9.17, 15) is 4.79 Å². The van der Waals surface area contributed by atoms with Crippen LogP contribution in [0.2, 0.25) is 5.02 Å². The predicted molar refractivity (Wildman–Crippen MR) is 65.7 cm³/mol. The second-order valence-corrected chi connectivity index (χ2v) is 4.81. The Kier molecular flexibility index (Phi) is 3.40. The predicted octanol–water partition coefficient (Wildman–Crippen LogP) is 2.92. The number of nitrogens with zero attached hydrogens (tertiary/aromatic N) is 2. The lowest BCUT2D eigenvalue weighted by Crippen LogP contribution is -1.99. The van der Waals surface area contributed by atoms with Crippen LogP contribution in [0.5, 0.6) is 0 Å². The number of halogens is 1. The van der Waals surface area contributed by atoms with Crippen molar-refractivity contribution in [2.45, 2.75) is 10.1 Å². The summed E-state index contributed by atoms with van der Waals surface area (Å²) in [6.07, 6.45) is 3.46. The second-order valence-electron chi connectivity index (χ2n) is 3.37. The van der Waals surface area contributed by atoms with Gasteiger partial charge in [0.2, 0.25) is 0 Å². The van der Waals surface area contributed by atoms with Gasteiger partial charge in [0.05, 0.1) is 5.56 Å². The number of carboxylic acid groups (broad SMARTS) is 1. The van der Waals surface area contributed by atoms with Gasteiger partial charge in [-0.1, -0.05) is 23.4 Å². The fourth-order valence-corrected chi connectivity index (χ4v) is 2.51. The van der Waals surface area contributed by atoms with E-state index in [0.717, 1.165) is 5.16 Å². The third-order valence-corrected chi connectivity index (χ3v) is 3.52. The molecule has 0 bridgehead atoms. The van der Waals surface area contributed by atoms with E-state index in [2.05, 4.69) is 4.98 Å². The maximum atomic E-state index is 11.1. The Hall–Kier alpha value is -1.46. The van der Waals surface area contributed by atoms with E-state index in [1.165, 1.54) is 17.8 Å². The molecule has 2 rings (SSSR count). The second kappa shape index (κ2) is 4.81. The SMILES string of the molecule is Cn1ccnc1Sc1cc(Cl)ccc1C(=O)O. The van der Waals surface area contributed by atoms with Crippen molar-refractivity contribution in [2.75, 3.05) is 0 Å². The van der Waals surface area contributed by atoms with Gasteiger partial charge in [0.1, 0.15) is 0 Å². The van der Waals surface area contributed by atoms with Gasteiger partial charge in [0, 0.05) is 29.4 Å². The van der Waals surface area contributed by atoms with Crippen LogP contribution in [0.25, 0.3) is 0 Å². The summed E-state index contributed by atoms with van der Waals surface area (Å²) >= 11 is 7.14.